The number of hydrogen-bond donors (Lipinski definition) is 2. The first-order chi connectivity index (χ1) is 9.67. The molecule has 1 aromatic rings. The standard InChI is InChI=1S/C16H25FN2O/c1-2-6-19(11-13-4-3-5-18-10-13)12-14-7-15(17)9-16(20)8-14/h7-9,13,18,20H,2-6,10-12H2,1H3. The van der Waals surface area contributed by atoms with Crippen molar-refractivity contribution >= 4 is 0 Å². The van der Waals surface area contributed by atoms with E-state index in [2.05, 4.69) is 17.1 Å². The topological polar surface area (TPSA) is 35.5 Å². The van der Waals surface area contributed by atoms with Crippen molar-refractivity contribution < 1.29 is 9.50 Å². The van der Waals surface area contributed by atoms with Gasteiger partial charge in [-0.2, -0.15) is 0 Å². The predicted molar refractivity (Wildman–Crippen MR) is 79.2 cm³/mol. The molecule has 3 nitrogen and oxygen atoms in total. The number of phenols is 1. The van der Waals surface area contributed by atoms with Crippen LogP contribution in [0.25, 0.3) is 0 Å². The molecule has 1 atom stereocenters. The smallest absolute Gasteiger partial charge is 0.127 e. The van der Waals surface area contributed by atoms with E-state index in [0.717, 1.165) is 44.2 Å². The molecule has 1 aliphatic heterocycles. The van der Waals surface area contributed by atoms with Crippen molar-refractivity contribution in [3.63, 3.8) is 0 Å². The lowest BCUT2D eigenvalue weighted by Gasteiger charge is -2.30. The van der Waals surface area contributed by atoms with Crippen molar-refractivity contribution in [3.8, 4) is 5.75 Å². The molecule has 0 aliphatic carbocycles. The molecule has 1 aromatic carbocycles. The van der Waals surface area contributed by atoms with E-state index in [9.17, 15) is 9.50 Å². The lowest BCUT2D eigenvalue weighted by molar-refractivity contribution is 0.201. The van der Waals surface area contributed by atoms with Crippen molar-refractivity contribution in [3.05, 3.63) is 29.6 Å². The summed E-state index contributed by atoms with van der Waals surface area (Å²) < 4.78 is 13.3. The summed E-state index contributed by atoms with van der Waals surface area (Å²) >= 11 is 0. The van der Waals surface area contributed by atoms with Crippen LogP contribution in [0.3, 0.4) is 0 Å². The fourth-order valence-corrected chi connectivity index (χ4v) is 2.98. The Morgan fingerprint density at radius 2 is 2.25 bits per heavy atom. The quantitative estimate of drug-likeness (QED) is 0.841. The van der Waals surface area contributed by atoms with E-state index in [1.807, 2.05) is 0 Å². The molecule has 0 spiro atoms. The monoisotopic (exact) mass is 280 g/mol. The average Bonchev–Trinajstić information content (AvgIpc) is 2.39. The van der Waals surface area contributed by atoms with Gasteiger partial charge < -0.3 is 10.4 Å². The van der Waals surface area contributed by atoms with Crippen LogP contribution in [0.15, 0.2) is 18.2 Å². The predicted octanol–water partition coefficient (Wildman–Crippen LogP) is 2.74. The summed E-state index contributed by atoms with van der Waals surface area (Å²) in [5.74, 6) is 0.323. The summed E-state index contributed by atoms with van der Waals surface area (Å²) in [4.78, 5) is 2.37. The Balaban J connectivity index is 1.96. The van der Waals surface area contributed by atoms with Crippen LogP contribution in [0.4, 0.5) is 4.39 Å². The summed E-state index contributed by atoms with van der Waals surface area (Å²) in [5, 5.41) is 12.9. The van der Waals surface area contributed by atoms with Crippen LogP contribution in [-0.2, 0) is 6.54 Å². The second kappa shape index (κ2) is 7.60. The highest BCUT2D eigenvalue weighted by Crippen LogP contribution is 2.18. The van der Waals surface area contributed by atoms with Gasteiger partial charge in [-0.05, 0) is 62.5 Å². The molecule has 112 valence electrons. The zero-order chi connectivity index (χ0) is 14.4. The van der Waals surface area contributed by atoms with Gasteiger partial charge in [0.15, 0.2) is 0 Å². The highest BCUT2D eigenvalue weighted by Gasteiger charge is 2.17. The van der Waals surface area contributed by atoms with Crippen molar-refractivity contribution in [1.82, 2.24) is 10.2 Å². The zero-order valence-corrected chi connectivity index (χ0v) is 12.2. The first-order valence-corrected chi connectivity index (χ1v) is 7.59. The van der Waals surface area contributed by atoms with Crippen LogP contribution in [0.5, 0.6) is 5.75 Å². The summed E-state index contributed by atoms with van der Waals surface area (Å²) in [7, 11) is 0. The molecular formula is C16H25FN2O. The van der Waals surface area contributed by atoms with Gasteiger partial charge in [-0.3, -0.25) is 4.90 Å². The Hall–Kier alpha value is -1.13. The van der Waals surface area contributed by atoms with Crippen molar-refractivity contribution in [2.45, 2.75) is 32.7 Å². The van der Waals surface area contributed by atoms with Gasteiger partial charge >= 0.3 is 0 Å². The first-order valence-electron chi connectivity index (χ1n) is 7.59. The molecule has 1 heterocycles. The Morgan fingerprint density at radius 3 is 2.90 bits per heavy atom. The molecule has 0 radical (unpaired) electrons. The van der Waals surface area contributed by atoms with Crippen LogP contribution < -0.4 is 5.32 Å². The van der Waals surface area contributed by atoms with Gasteiger partial charge in [0.2, 0.25) is 0 Å². The van der Waals surface area contributed by atoms with Crippen LogP contribution in [0, 0.1) is 11.7 Å². The third-order valence-electron chi connectivity index (χ3n) is 3.80. The minimum atomic E-state index is -0.365. The van der Waals surface area contributed by atoms with Gasteiger partial charge in [-0.15, -0.1) is 0 Å². The van der Waals surface area contributed by atoms with Gasteiger partial charge in [0, 0.05) is 19.2 Å². The van der Waals surface area contributed by atoms with E-state index in [4.69, 9.17) is 0 Å². The molecule has 1 aliphatic rings. The number of halogens is 1. The Morgan fingerprint density at radius 1 is 1.40 bits per heavy atom. The first kappa shape index (κ1) is 15.3. The molecule has 1 fully saturated rings. The highest BCUT2D eigenvalue weighted by atomic mass is 19.1. The Kier molecular flexibility index (Phi) is 5.80. The van der Waals surface area contributed by atoms with Gasteiger partial charge in [0.1, 0.15) is 11.6 Å². The van der Waals surface area contributed by atoms with Crippen molar-refractivity contribution in [2.75, 3.05) is 26.2 Å². The lowest BCUT2D eigenvalue weighted by atomic mass is 9.98. The minimum absolute atomic E-state index is 0.00998. The van der Waals surface area contributed by atoms with E-state index in [-0.39, 0.29) is 11.6 Å². The number of benzene rings is 1. The number of rotatable bonds is 6. The molecule has 2 N–H and O–H groups in total. The molecule has 0 amide bonds. The van der Waals surface area contributed by atoms with Gasteiger partial charge in [-0.25, -0.2) is 4.39 Å². The second-order valence-electron chi connectivity index (χ2n) is 5.77. The molecule has 0 saturated carbocycles. The molecule has 0 aromatic heterocycles. The van der Waals surface area contributed by atoms with Crippen LogP contribution >= 0.6 is 0 Å². The normalized spacial score (nSPS) is 19.4. The maximum Gasteiger partial charge on any atom is 0.127 e. The number of aromatic hydroxyl groups is 1. The summed E-state index contributed by atoms with van der Waals surface area (Å²) in [5.41, 5.74) is 0.847. The van der Waals surface area contributed by atoms with Gasteiger partial charge in [0.25, 0.3) is 0 Å². The van der Waals surface area contributed by atoms with E-state index in [1.165, 1.54) is 18.9 Å². The molecule has 2 rings (SSSR count). The van der Waals surface area contributed by atoms with Crippen LogP contribution in [0.2, 0.25) is 0 Å². The average molecular weight is 280 g/mol. The van der Waals surface area contributed by atoms with E-state index >= 15 is 0 Å². The fourth-order valence-electron chi connectivity index (χ4n) is 2.98. The third-order valence-corrected chi connectivity index (χ3v) is 3.80. The summed E-state index contributed by atoms with van der Waals surface area (Å²) in [6.45, 7) is 7.12. The number of hydrogen-bond acceptors (Lipinski definition) is 3. The van der Waals surface area contributed by atoms with E-state index < -0.39 is 0 Å². The second-order valence-corrected chi connectivity index (χ2v) is 5.77. The largest absolute Gasteiger partial charge is 0.508 e. The van der Waals surface area contributed by atoms with E-state index in [1.54, 1.807) is 6.07 Å². The molecule has 1 saturated heterocycles. The van der Waals surface area contributed by atoms with Crippen LogP contribution in [0.1, 0.15) is 31.7 Å². The maximum atomic E-state index is 13.3. The number of nitrogens with zero attached hydrogens (tertiary/aromatic N) is 1. The molecular weight excluding hydrogens is 255 g/mol. The maximum absolute atomic E-state index is 13.3. The number of nitrogens with one attached hydrogen (secondary N) is 1. The highest BCUT2D eigenvalue weighted by molar-refractivity contribution is 5.28. The Labute approximate surface area is 120 Å². The van der Waals surface area contributed by atoms with Crippen molar-refractivity contribution in [2.24, 2.45) is 5.92 Å². The number of piperidine rings is 1. The van der Waals surface area contributed by atoms with E-state index in [0.29, 0.717) is 12.5 Å². The molecule has 1 unspecified atom stereocenters. The fraction of sp³-hybridized carbons (Fsp3) is 0.625. The summed E-state index contributed by atoms with van der Waals surface area (Å²) in [6.07, 6.45) is 3.59. The lowest BCUT2D eigenvalue weighted by Crippen LogP contribution is -2.38. The molecule has 0 bridgehead atoms. The number of phenolic OH excluding ortho intramolecular Hbond substituents is 1. The Bertz CT molecular complexity index is 399. The molecule has 20 heavy (non-hydrogen) atoms. The van der Waals surface area contributed by atoms with Gasteiger partial charge in [0.05, 0.1) is 0 Å². The zero-order valence-electron chi connectivity index (χ0n) is 12.2. The van der Waals surface area contributed by atoms with Crippen molar-refractivity contribution in [1.29, 1.82) is 0 Å². The van der Waals surface area contributed by atoms with Crippen LogP contribution in [-0.4, -0.2) is 36.2 Å². The third kappa shape index (κ3) is 4.76. The minimum Gasteiger partial charge on any atom is -0.508 e. The van der Waals surface area contributed by atoms with Gasteiger partial charge in [-0.1, -0.05) is 6.92 Å². The molecule has 4 heteroatoms. The summed E-state index contributed by atoms with van der Waals surface area (Å²) in [6, 6.07) is 4.32. The SMILES string of the molecule is CCCN(Cc1cc(O)cc(F)c1)CC1CCCNC1.